The Bertz CT molecular complexity index is 195. The third kappa shape index (κ3) is 2.98. The van der Waals surface area contributed by atoms with Crippen LogP contribution in [-0.4, -0.2) is 23.8 Å². The number of esters is 1. The molecule has 1 N–H and O–H groups in total. The lowest BCUT2D eigenvalue weighted by molar-refractivity contribution is -0.147. The van der Waals surface area contributed by atoms with Crippen LogP contribution in [0.4, 0.5) is 0 Å². The summed E-state index contributed by atoms with van der Waals surface area (Å²) in [6.45, 7) is 1.82. The van der Waals surface area contributed by atoms with Crippen molar-refractivity contribution < 1.29 is 14.6 Å². The van der Waals surface area contributed by atoms with Crippen molar-refractivity contribution in [2.45, 2.75) is 51.0 Å². The van der Waals surface area contributed by atoms with E-state index < -0.39 is 5.60 Å². The molecule has 1 saturated carbocycles. The molecule has 1 unspecified atom stereocenters. The van der Waals surface area contributed by atoms with Crippen molar-refractivity contribution in [2.24, 2.45) is 5.92 Å². The molecule has 1 fully saturated rings. The van der Waals surface area contributed by atoms with Crippen LogP contribution in [0.1, 0.15) is 45.4 Å². The molecule has 0 bridgehead atoms. The van der Waals surface area contributed by atoms with Crippen molar-refractivity contribution in [1.82, 2.24) is 0 Å². The first-order valence-electron chi connectivity index (χ1n) is 5.38. The highest BCUT2D eigenvalue weighted by Gasteiger charge is 2.33. The Labute approximate surface area is 85.5 Å². The van der Waals surface area contributed by atoms with Gasteiger partial charge in [-0.25, -0.2) is 0 Å². The molecule has 0 spiro atoms. The summed E-state index contributed by atoms with van der Waals surface area (Å²) >= 11 is 0. The summed E-state index contributed by atoms with van der Waals surface area (Å²) in [6.07, 6.45) is 5.55. The maximum atomic E-state index is 11.2. The van der Waals surface area contributed by atoms with Gasteiger partial charge in [0.25, 0.3) is 0 Å². The van der Waals surface area contributed by atoms with E-state index in [0.29, 0.717) is 6.42 Å². The van der Waals surface area contributed by atoms with Crippen molar-refractivity contribution in [1.29, 1.82) is 0 Å². The van der Waals surface area contributed by atoms with Crippen LogP contribution in [0.2, 0.25) is 0 Å². The van der Waals surface area contributed by atoms with Gasteiger partial charge in [0.05, 0.1) is 18.6 Å². The second-order valence-electron chi connectivity index (χ2n) is 4.41. The maximum Gasteiger partial charge on any atom is 0.308 e. The van der Waals surface area contributed by atoms with Crippen LogP contribution in [0.25, 0.3) is 0 Å². The molecule has 14 heavy (non-hydrogen) atoms. The molecule has 0 aromatic rings. The molecule has 1 aliphatic rings. The predicted molar refractivity (Wildman–Crippen MR) is 53.8 cm³/mol. The number of carbonyl (C=O) groups is 1. The van der Waals surface area contributed by atoms with Crippen LogP contribution >= 0.6 is 0 Å². The van der Waals surface area contributed by atoms with Gasteiger partial charge in [0.15, 0.2) is 0 Å². The number of rotatable bonds is 3. The van der Waals surface area contributed by atoms with Crippen LogP contribution in [0.3, 0.4) is 0 Å². The minimum atomic E-state index is -0.619. The first-order chi connectivity index (χ1) is 6.57. The number of aliphatic hydroxyl groups is 1. The lowest BCUT2D eigenvalue weighted by atomic mass is 9.79. The Morgan fingerprint density at radius 1 is 1.43 bits per heavy atom. The van der Waals surface area contributed by atoms with Crippen LogP contribution < -0.4 is 0 Å². The van der Waals surface area contributed by atoms with Gasteiger partial charge < -0.3 is 9.84 Å². The van der Waals surface area contributed by atoms with Crippen molar-refractivity contribution in [2.75, 3.05) is 7.11 Å². The maximum absolute atomic E-state index is 11.2. The Kier molecular flexibility index (Phi) is 3.93. The van der Waals surface area contributed by atoms with E-state index >= 15 is 0 Å². The molecule has 0 heterocycles. The van der Waals surface area contributed by atoms with Gasteiger partial charge in [-0.2, -0.15) is 0 Å². The molecule has 0 amide bonds. The van der Waals surface area contributed by atoms with Gasteiger partial charge in [-0.05, 0) is 19.3 Å². The molecular formula is C11H20O3. The van der Waals surface area contributed by atoms with E-state index in [9.17, 15) is 9.90 Å². The van der Waals surface area contributed by atoms with E-state index in [2.05, 4.69) is 4.74 Å². The molecule has 0 radical (unpaired) electrons. The summed E-state index contributed by atoms with van der Waals surface area (Å²) in [7, 11) is 1.39. The van der Waals surface area contributed by atoms with Crippen molar-refractivity contribution >= 4 is 5.97 Å². The third-order valence-corrected chi connectivity index (χ3v) is 3.07. The number of ether oxygens (including phenoxy) is 1. The van der Waals surface area contributed by atoms with Gasteiger partial charge >= 0.3 is 5.97 Å². The van der Waals surface area contributed by atoms with E-state index in [4.69, 9.17) is 0 Å². The van der Waals surface area contributed by atoms with Gasteiger partial charge in [-0.15, -0.1) is 0 Å². The number of carbonyl (C=O) groups excluding carboxylic acids is 1. The molecule has 3 nitrogen and oxygen atoms in total. The summed E-state index contributed by atoms with van der Waals surface area (Å²) in [6, 6.07) is 0. The van der Waals surface area contributed by atoms with E-state index in [0.717, 1.165) is 25.7 Å². The first-order valence-corrected chi connectivity index (χ1v) is 5.38. The Balaban J connectivity index is 2.44. The molecule has 3 heteroatoms. The Morgan fingerprint density at radius 3 is 2.50 bits per heavy atom. The zero-order valence-electron chi connectivity index (χ0n) is 9.08. The lowest BCUT2D eigenvalue weighted by Crippen LogP contribution is -2.35. The fourth-order valence-corrected chi connectivity index (χ4v) is 2.27. The third-order valence-electron chi connectivity index (χ3n) is 3.07. The van der Waals surface area contributed by atoms with Gasteiger partial charge in [-0.1, -0.05) is 26.2 Å². The quantitative estimate of drug-likeness (QED) is 0.707. The van der Waals surface area contributed by atoms with E-state index in [1.54, 1.807) is 0 Å². The highest BCUT2D eigenvalue weighted by molar-refractivity contribution is 5.71. The van der Waals surface area contributed by atoms with Crippen molar-refractivity contribution in [3.05, 3.63) is 0 Å². The van der Waals surface area contributed by atoms with Crippen molar-refractivity contribution in [3.63, 3.8) is 0 Å². The number of hydrogen-bond donors (Lipinski definition) is 1. The van der Waals surface area contributed by atoms with Gasteiger partial charge in [0.2, 0.25) is 0 Å². The summed E-state index contributed by atoms with van der Waals surface area (Å²) in [4.78, 5) is 11.2. The predicted octanol–water partition coefficient (Wildman–Crippen LogP) is 1.88. The van der Waals surface area contributed by atoms with Crippen LogP contribution in [-0.2, 0) is 9.53 Å². The minimum Gasteiger partial charge on any atom is -0.469 e. The van der Waals surface area contributed by atoms with Gasteiger partial charge in [0, 0.05) is 0 Å². The van der Waals surface area contributed by atoms with E-state index in [1.165, 1.54) is 13.5 Å². The normalized spacial score (nSPS) is 22.8. The van der Waals surface area contributed by atoms with E-state index in [1.807, 2.05) is 6.92 Å². The number of methoxy groups -OCH3 is 1. The molecule has 0 aromatic carbocycles. The zero-order chi connectivity index (χ0) is 10.6. The summed E-state index contributed by atoms with van der Waals surface area (Å²) in [5.41, 5.74) is -0.619. The number of hydrogen-bond acceptors (Lipinski definition) is 3. The fraction of sp³-hybridized carbons (Fsp3) is 0.909. The summed E-state index contributed by atoms with van der Waals surface area (Å²) in [5.74, 6) is -0.410. The summed E-state index contributed by atoms with van der Waals surface area (Å²) < 4.78 is 4.65. The second kappa shape index (κ2) is 4.78. The second-order valence-corrected chi connectivity index (χ2v) is 4.41. The molecule has 1 aliphatic carbocycles. The van der Waals surface area contributed by atoms with Crippen molar-refractivity contribution in [3.8, 4) is 0 Å². The lowest BCUT2D eigenvalue weighted by Gasteiger charge is -2.33. The minimum absolute atomic E-state index is 0.192. The Morgan fingerprint density at radius 2 is 2.00 bits per heavy atom. The Hall–Kier alpha value is -0.570. The monoisotopic (exact) mass is 200 g/mol. The summed E-state index contributed by atoms with van der Waals surface area (Å²) in [5, 5.41) is 10.2. The van der Waals surface area contributed by atoms with Gasteiger partial charge in [-0.3, -0.25) is 4.79 Å². The topological polar surface area (TPSA) is 46.5 Å². The standard InChI is InChI=1S/C11H20O3/c1-9(10(12)14-2)8-11(13)6-4-3-5-7-11/h9,13H,3-8H2,1-2H3. The van der Waals surface area contributed by atoms with Crippen LogP contribution in [0, 0.1) is 5.92 Å². The largest absolute Gasteiger partial charge is 0.469 e. The van der Waals surface area contributed by atoms with Gasteiger partial charge in [0.1, 0.15) is 0 Å². The molecule has 82 valence electrons. The molecular weight excluding hydrogens is 180 g/mol. The average Bonchev–Trinajstić information content (AvgIpc) is 2.17. The molecule has 1 rings (SSSR count). The average molecular weight is 200 g/mol. The smallest absolute Gasteiger partial charge is 0.308 e. The SMILES string of the molecule is COC(=O)C(C)CC1(O)CCCCC1. The van der Waals surface area contributed by atoms with E-state index in [-0.39, 0.29) is 11.9 Å². The first kappa shape index (κ1) is 11.5. The highest BCUT2D eigenvalue weighted by atomic mass is 16.5. The molecule has 1 atom stereocenters. The zero-order valence-corrected chi connectivity index (χ0v) is 9.08. The highest BCUT2D eigenvalue weighted by Crippen LogP contribution is 2.33. The van der Waals surface area contributed by atoms with Crippen LogP contribution in [0.5, 0.6) is 0 Å². The fourth-order valence-electron chi connectivity index (χ4n) is 2.27. The molecule has 0 saturated heterocycles. The molecule has 0 aromatic heterocycles. The van der Waals surface area contributed by atoms with Crippen LogP contribution in [0.15, 0.2) is 0 Å². The molecule has 0 aliphatic heterocycles.